The molecule has 3 aliphatic rings. The number of rotatable bonds is 3. The SMILES string of the molecule is NC1=NCC(c2ccccc2C2CC2)N1C1CC1. The maximum atomic E-state index is 6.07. The lowest BCUT2D eigenvalue weighted by Crippen LogP contribution is -2.38. The molecule has 2 N–H and O–H groups in total. The zero-order valence-corrected chi connectivity index (χ0v) is 10.5. The van der Waals surface area contributed by atoms with Crippen LogP contribution in [-0.2, 0) is 0 Å². The van der Waals surface area contributed by atoms with E-state index in [1.807, 2.05) is 0 Å². The van der Waals surface area contributed by atoms with Crippen LogP contribution in [0.1, 0.15) is 48.8 Å². The third-order valence-electron chi connectivity index (χ3n) is 4.34. The summed E-state index contributed by atoms with van der Waals surface area (Å²) in [5.41, 5.74) is 9.07. The second kappa shape index (κ2) is 3.74. The Labute approximate surface area is 108 Å². The first-order valence-electron chi connectivity index (χ1n) is 7.01. The first-order valence-corrected chi connectivity index (χ1v) is 7.01. The quantitative estimate of drug-likeness (QED) is 0.883. The summed E-state index contributed by atoms with van der Waals surface area (Å²) in [6.45, 7) is 0.839. The summed E-state index contributed by atoms with van der Waals surface area (Å²) in [6.07, 6.45) is 5.25. The number of nitrogens with two attached hydrogens (primary N) is 1. The van der Waals surface area contributed by atoms with Gasteiger partial charge < -0.3 is 10.6 Å². The van der Waals surface area contributed by atoms with Crippen LogP contribution in [0.3, 0.4) is 0 Å². The molecule has 94 valence electrons. The molecule has 3 heteroatoms. The Hall–Kier alpha value is -1.51. The number of guanidine groups is 1. The number of nitrogens with zero attached hydrogens (tertiary/aromatic N) is 2. The fourth-order valence-electron chi connectivity index (χ4n) is 3.13. The summed E-state index contributed by atoms with van der Waals surface area (Å²) < 4.78 is 0. The molecule has 0 amide bonds. The molecule has 2 saturated carbocycles. The van der Waals surface area contributed by atoms with Crippen molar-refractivity contribution in [2.45, 2.75) is 43.7 Å². The first-order chi connectivity index (χ1) is 8.84. The summed E-state index contributed by atoms with van der Waals surface area (Å²) in [4.78, 5) is 6.84. The van der Waals surface area contributed by atoms with Gasteiger partial charge in [0.15, 0.2) is 5.96 Å². The molecule has 1 unspecified atom stereocenters. The summed E-state index contributed by atoms with van der Waals surface area (Å²) in [5.74, 6) is 1.55. The fraction of sp³-hybridized carbons (Fsp3) is 0.533. The molecule has 18 heavy (non-hydrogen) atoms. The largest absolute Gasteiger partial charge is 0.370 e. The van der Waals surface area contributed by atoms with Crippen molar-refractivity contribution in [2.24, 2.45) is 10.7 Å². The smallest absolute Gasteiger partial charge is 0.192 e. The molecule has 2 fully saturated rings. The van der Waals surface area contributed by atoms with E-state index in [2.05, 4.69) is 34.2 Å². The van der Waals surface area contributed by atoms with Crippen LogP contribution in [0, 0.1) is 0 Å². The minimum atomic E-state index is 0.397. The highest BCUT2D eigenvalue weighted by atomic mass is 15.4. The predicted octanol–water partition coefficient (Wildman–Crippen LogP) is 2.40. The van der Waals surface area contributed by atoms with Crippen LogP contribution in [0.4, 0.5) is 0 Å². The molecule has 1 heterocycles. The van der Waals surface area contributed by atoms with Crippen LogP contribution in [0.2, 0.25) is 0 Å². The van der Waals surface area contributed by atoms with Crippen LogP contribution in [0.15, 0.2) is 29.3 Å². The van der Waals surface area contributed by atoms with Gasteiger partial charge in [-0.05, 0) is 42.7 Å². The van der Waals surface area contributed by atoms with E-state index in [9.17, 15) is 0 Å². The molecule has 0 spiro atoms. The van der Waals surface area contributed by atoms with Gasteiger partial charge in [-0.2, -0.15) is 0 Å². The van der Waals surface area contributed by atoms with E-state index in [1.54, 1.807) is 0 Å². The Morgan fingerprint density at radius 1 is 1.06 bits per heavy atom. The van der Waals surface area contributed by atoms with Crippen molar-refractivity contribution in [2.75, 3.05) is 6.54 Å². The van der Waals surface area contributed by atoms with Crippen LogP contribution >= 0.6 is 0 Å². The number of benzene rings is 1. The van der Waals surface area contributed by atoms with Gasteiger partial charge in [0, 0.05) is 6.04 Å². The van der Waals surface area contributed by atoms with Crippen molar-refractivity contribution in [3.05, 3.63) is 35.4 Å². The van der Waals surface area contributed by atoms with Crippen molar-refractivity contribution < 1.29 is 0 Å². The minimum absolute atomic E-state index is 0.397. The summed E-state index contributed by atoms with van der Waals surface area (Å²) in [6, 6.07) is 9.94. The van der Waals surface area contributed by atoms with E-state index in [1.165, 1.54) is 36.8 Å². The van der Waals surface area contributed by atoms with Crippen molar-refractivity contribution in [1.29, 1.82) is 0 Å². The minimum Gasteiger partial charge on any atom is -0.370 e. The van der Waals surface area contributed by atoms with Crippen LogP contribution in [-0.4, -0.2) is 23.4 Å². The molecule has 2 aliphatic carbocycles. The fourth-order valence-corrected chi connectivity index (χ4v) is 3.13. The van der Waals surface area contributed by atoms with Gasteiger partial charge in [0.25, 0.3) is 0 Å². The molecule has 1 atom stereocenters. The monoisotopic (exact) mass is 241 g/mol. The number of aliphatic imine (C=N–C) groups is 1. The maximum Gasteiger partial charge on any atom is 0.192 e. The molecule has 1 aromatic rings. The van der Waals surface area contributed by atoms with E-state index in [4.69, 9.17) is 5.73 Å². The van der Waals surface area contributed by atoms with Gasteiger partial charge in [-0.3, -0.25) is 4.99 Å². The standard InChI is InChI=1S/C15H19N3/c16-15-17-9-14(18(15)11-7-8-11)13-4-2-1-3-12(13)10-5-6-10/h1-4,10-11,14H,5-9H2,(H2,16,17). The molecule has 0 aromatic heterocycles. The molecule has 1 aromatic carbocycles. The zero-order chi connectivity index (χ0) is 12.1. The Kier molecular flexibility index (Phi) is 2.16. The second-order valence-electron chi connectivity index (χ2n) is 5.76. The third-order valence-corrected chi connectivity index (χ3v) is 4.34. The molecule has 0 radical (unpaired) electrons. The maximum absolute atomic E-state index is 6.07. The first kappa shape index (κ1) is 10.4. The van der Waals surface area contributed by atoms with Gasteiger partial charge in [0.2, 0.25) is 0 Å². The molecule has 4 rings (SSSR count). The van der Waals surface area contributed by atoms with E-state index < -0.39 is 0 Å². The van der Waals surface area contributed by atoms with Gasteiger partial charge >= 0.3 is 0 Å². The summed E-state index contributed by atoms with van der Waals surface area (Å²) >= 11 is 0. The van der Waals surface area contributed by atoms with Crippen molar-refractivity contribution in [1.82, 2.24) is 4.90 Å². The highest BCUT2D eigenvalue weighted by molar-refractivity contribution is 5.81. The lowest BCUT2D eigenvalue weighted by Gasteiger charge is -2.28. The van der Waals surface area contributed by atoms with Gasteiger partial charge in [-0.1, -0.05) is 24.3 Å². The normalized spacial score (nSPS) is 27.4. The topological polar surface area (TPSA) is 41.6 Å². The molecular weight excluding hydrogens is 222 g/mol. The molecule has 0 saturated heterocycles. The molecule has 0 bridgehead atoms. The Morgan fingerprint density at radius 2 is 1.78 bits per heavy atom. The summed E-state index contributed by atoms with van der Waals surface area (Å²) in [5, 5.41) is 0. The van der Waals surface area contributed by atoms with Gasteiger partial charge in [-0.25, -0.2) is 0 Å². The van der Waals surface area contributed by atoms with E-state index in [-0.39, 0.29) is 0 Å². The van der Waals surface area contributed by atoms with E-state index >= 15 is 0 Å². The third kappa shape index (κ3) is 1.61. The highest BCUT2D eigenvalue weighted by Gasteiger charge is 2.40. The second-order valence-corrected chi connectivity index (χ2v) is 5.76. The lowest BCUT2D eigenvalue weighted by molar-refractivity contribution is 0.336. The van der Waals surface area contributed by atoms with E-state index in [0.717, 1.165) is 18.4 Å². The van der Waals surface area contributed by atoms with Crippen molar-refractivity contribution >= 4 is 5.96 Å². The average Bonchev–Trinajstić information content (AvgIpc) is 3.29. The van der Waals surface area contributed by atoms with Crippen LogP contribution in [0.5, 0.6) is 0 Å². The zero-order valence-electron chi connectivity index (χ0n) is 10.5. The number of hydrogen-bond acceptors (Lipinski definition) is 3. The Bertz CT molecular complexity index is 500. The molecule has 1 aliphatic heterocycles. The van der Waals surface area contributed by atoms with Gasteiger partial charge in [0.05, 0.1) is 12.6 Å². The Balaban J connectivity index is 1.70. The van der Waals surface area contributed by atoms with Crippen molar-refractivity contribution in [3.8, 4) is 0 Å². The predicted molar refractivity (Wildman–Crippen MR) is 72.5 cm³/mol. The summed E-state index contributed by atoms with van der Waals surface area (Å²) in [7, 11) is 0. The van der Waals surface area contributed by atoms with Crippen LogP contribution < -0.4 is 5.73 Å². The molecular formula is C15H19N3. The van der Waals surface area contributed by atoms with Crippen LogP contribution in [0.25, 0.3) is 0 Å². The average molecular weight is 241 g/mol. The highest BCUT2D eigenvalue weighted by Crippen LogP contribution is 2.45. The van der Waals surface area contributed by atoms with E-state index in [0.29, 0.717) is 12.1 Å². The van der Waals surface area contributed by atoms with Gasteiger partial charge in [0.1, 0.15) is 0 Å². The number of hydrogen-bond donors (Lipinski definition) is 1. The Morgan fingerprint density at radius 3 is 2.44 bits per heavy atom. The molecule has 3 nitrogen and oxygen atoms in total. The lowest BCUT2D eigenvalue weighted by atomic mass is 9.96. The van der Waals surface area contributed by atoms with Gasteiger partial charge in [-0.15, -0.1) is 0 Å². The van der Waals surface area contributed by atoms with Crippen molar-refractivity contribution in [3.63, 3.8) is 0 Å².